The topological polar surface area (TPSA) is 35.5 Å². The molecule has 0 aliphatic carbocycles. The minimum Gasteiger partial charge on any atom is -0.452 e. The van der Waals surface area contributed by atoms with Crippen molar-refractivity contribution in [2.75, 3.05) is 0 Å². The number of hydrogen-bond acceptors (Lipinski definition) is 3. The van der Waals surface area contributed by atoms with Crippen LogP contribution in [0.5, 0.6) is 5.75 Å². The van der Waals surface area contributed by atoms with Gasteiger partial charge in [-0.1, -0.05) is 29.4 Å². The van der Waals surface area contributed by atoms with E-state index < -0.39 is 12.3 Å². The van der Waals surface area contributed by atoms with Crippen LogP contribution < -0.4 is 4.74 Å². The second-order valence-electron chi connectivity index (χ2n) is 3.30. The molecule has 6 heteroatoms. The molecule has 1 rings (SSSR count). The maximum atomic E-state index is 11.1. The quantitative estimate of drug-likeness (QED) is 0.372. The van der Waals surface area contributed by atoms with E-state index in [-0.39, 0.29) is 0 Å². The van der Waals surface area contributed by atoms with Crippen LogP contribution in [-0.4, -0.2) is 12.3 Å². The van der Waals surface area contributed by atoms with Crippen LogP contribution in [0, 0.1) is 0 Å². The molecule has 0 fully saturated rings. The first-order valence-corrected chi connectivity index (χ1v) is 7.50. The van der Waals surface area contributed by atoms with Crippen LogP contribution in [0.1, 0.15) is 13.3 Å². The monoisotopic (exact) mass is 440 g/mol. The van der Waals surface area contributed by atoms with Crippen molar-refractivity contribution in [3.63, 3.8) is 0 Å². The maximum Gasteiger partial charge on any atom is 0.333 e. The first-order valence-electron chi connectivity index (χ1n) is 5.12. The molecule has 0 radical (unpaired) electrons. The summed E-state index contributed by atoms with van der Waals surface area (Å²) in [5.74, 6) is 0.0770. The van der Waals surface area contributed by atoms with Crippen LogP contribution in [-0.2, 0) is 9.53 Å². The highest BCUT2D eigenvalue weighted by atomic mass is 79.9. The van der Waals surface area contributed by atoms with Crippen molar-refractivity contribution >= 4 is 53.8 Å². The van der Waals surface area contributed by atoms with E-state index in [0.29, 0.717) is 12.2 Å². The molecule has 1 aromatic carbocycles. The van der Waals surface area contributed by atoms with Crippen LogP contribution in [0.4, 0.5) is 0 Å². The molecule has 3 nitrogen and oxygen atoms in total. The molecule has 0 aliphatic rings. The maximum absolute atomic E-state index is 11.1. The summed E-state index contributed by atoms with van der Waals surface area (Å²) in [5.41, 5.74) is 0. The summed E-state index contributed by atoms with van der Waals surface area (Å²) in [5, 5.41) is 0. The van der Waals surface area contributed by atoms with Gasteiger partial charge in [0.1, 0.15) is 0 Å². The van der Waals surface area contributed by atoms with E-state index in [1.54, 1.807) is 0 Å². The molecular formula is C12H11Br3O3. The third-order valence-corrected chi connectivity index (χ3v) is 3.60. The van der Waals surface area contributed by atoms with Gasteiger partial charge in [0.15, 0.2) is 5.75 Å². The van der Waals surface area contributed by atoms with Gasteiger partial charge in [-0.3, -0.25) is 0 Å². The molecule has 0 saturated heterocycles. The van der Waals surface area contributed by atoms with Gasteiger partial charge < -0.3 is 9.47 Å². The van der Waals surface area contributed by atoms with Gasteiger partial charge in [0.2, 0.25) is 6.29 Å². The third-order valence-electron chi connectivity index (χ3n) is 1.96. The zero-order valence-corrected chi connectivity index (χ0v) is 14.3. The molecule has 0 spiro atoms. The van der Waals surface area contributed by atoms with Crippen molar-refractivity contribution in [2.24, 2.45) is 0 Å². The molecular weight excluding hydrogens is 432 g/mol. The summed E-state index contributed by atoms with van der Waals surface area (Å²) in [6, 6.07) is 3.70. The Kier molecular flexibility index (Phi) is 6.38. The predicted molar refractivity (Wildman–Crippen MR) is 80.5 cm³/mol. The zero-order valence-electron chi connectivity index (χ0n) is 9.58. The van der Waals surface area contributed by atoms with Crippen molar-refractivity contribution in [3.05, 3.63) is 38.2 Å². The second-order valence-corrected chi connectivity index (χ2v) is 5.92. The van der Waals surface area contributed by atoms with E-state index in [1.165, 1.54) is 0 Å². The van der Waals surface area contributed by atoms with E-state index in [4.69, 9.17) is 9.47 Å². The normalized spacial score (nSPS) is 11.8. The van der Waals surface area contributed by atoms with Crippen LogP contribution in [0.2, 0.25) is 0 Å². The smallest absolute Gasteiger partial charge is 0.333 e. The lowest BCUT2D eigenvalue weighted by atomic mass is 10.3. The summed E-state index contributed by atoms with van der Waals surface area (Å²) in [4.78, 5) is 11.1. The van der Waals surface area contributed by atoms with Gasteiger partial charge in [-0.15, -0.1) is 0 Å². The van der Waals surface area contributed by atoms with E-state index >= 15 is 0 Å². The van der Waals surface area contributed by atoms with Crippen LogP contribution >= 0.6 is 47.8 Å². The molecule has 98 valence electrons. The molecule has 1 unspecified atom stereocenters. The zero-order chi connectivity index (χ0) is 13.7. The lowest BCUT2D eigenvalue weighted by Crippen LogP contribution is -2.22. The number of ether oxygens (including phenoxy) is 2. The molecule has 0 aliphatic heterocycles. The second kappa shape index (κ2) is 7.31. The number of rotatable bonds is 5. The lowest BCUT2D eigenvalue weighted by Gasteiger charge is -2.19. The Morgan fingerprint density at radius 1 is 1.39 bits per heavy atom. The van der Waals surface area contributed by atoms with E-state index in [1.807, 2.05) is 19.1 Å². The number of hydrogen-bond donors (Lipinski definition) is 0. The van der Waals surface area contributed by atoms with Gasteiger partial charge in [0, 0.05) is 17.0 Å². The minimum absolute atomic E-state index is 0.508. The highest BCUT2D eigenvalue weighted by Crippen LogP contribution is 2.37. The van der Waals surface area contributed by atoms with Crippen molar-refractivity contribution in [1.29, 1.82) is 0 Å². The first-order chi connectivity index (χ1) is 8.47. The average molecular weight is 443 g/mol. The van der Waals surface area contributed by atoms with Crippen LogP contribution in [0.15, 0.2) is 38.2 Å². The van der Waals surface area contributed by atoms with Crippen molar-refractivity contribution in [1.82, 2.24) is 0 Å². The Hall–Kier alpha value is -0.330. The van der Waals surface area contributed by atoms with Gasteiger partial charge >= 0.3 is 5.97 Å². The predicted octanol–water partition coefficient (Wildman–Crippen LogP) is 4.82. The molecule has 0 N–H and O–H groups in total. The van der Waals surface area contributed by atoms with Crippen molar-refractivity contribution in [3.8, 4) is 5.75 Å². The van der Waals surface area contributed by atoms with Crippen LogP contribution in [0.25, 0.3) is 0 Å². The largest absolute Gasteiger partial charge is 0.452 e. The first kappa shape index (κ1) is 15.7. The Labute approximate surface area is 131 Å². The highest BCUT2D eigenvalue weighted by Gasteiger charge is 2.16. The number of benzene rings is 1. The molecule has 0 heterocycles. The average Bonchev–Trinajstić information content (AvgIpc) is 2.31. The fourth-order valence-corrected chi connectivity index (χ4v) is 3.59. The van der Waals surface area contributed by atoms with Crippen molar-refractivity contribution < 1.29 is 14.3 Å². The molecule has 0 bridgehead atoms. The summed E-state index contributed by atoms with van der Waals surface area (Å²) in [6.45, 7) is 5.21. The molecule has 18 heavy (non-hydrogen) atoms. The molecule has 0 aromatic heterocycles. The highest BCUT2D eigenvalue weighted by molar-refractivity contribution is 9.11. The Balaban J connectivity index is 2.88. The summed E-state index contributed by atoms with van der Waals surface area (Å²) in [7, 11) is 0. The van der Waals surface area contributed by atoms with Gasteiger partial charge in [-0.05, 0) is 44.0 Å². The fourth-order valence-electron chi connectivity index (χ4n) is 1.14. The molecule has 1 atom stereocenters. The third kappa shape index (κ3) is 4.40. The number of carbonyl (C=O) groups is 1. The molecule has 0 saturated carbocycles. The van der Waals surface area contributed by atoms with Gasteiger partial charge in [0.25, 0.3) is 0 Å². The Bertz CT molecular complexity index is 437. The van der Waals surface area contributed by atoms with E-state index in [0.717, 1.165) is 19.5 Å². The Morgan fingerprint density at radius 3 is 2.39 bits per heavy atom. The number of halogens is 3. The van der Waals surface area contributed by atoms with E-state index in [9.17, 15) is 4.79 Å². The summed E-state index contributed by atoms with van der Waals surface area (Å²) in [6.07, 6.45) is 0.996. The standard InChI is InChI=1S/C12H11Br3O3/c1-3-10(16)17-11(4-2)18-12-8(14)5-7(13)6-9(12)15/h3,5-6,11H,1,4H2,2H3. The number of carbonyl (C=O) groups excluding carboxylic acids is 1. The van der Waals surface area contributed by atoms with Gasteiger partial charge in [-0.25, -0.2) is 4.79 Å². The summed E-state index contributed by atoms with van der Waals surface area (Å²) >= 11 is 10.2. The lowest BCUT2D eigenvalue weighted by molar-refractivity contribution is -0.157. The number of esters is 1. The van der Waals surface area contributed by atoms with Crippen LogP contribution in [0.3, 0.4) is 0 Å². The Morgan fingerprint density at radius 2 is 1.94 bits per heavy atom. The van der Waals surface area contributed by atoms with Gasteiger partial charge in [-0.2, -0.15) is 0 Å². The molecule has 0 amide bonds. The van der Waals surface area contributed by atoms with Gasteiger partial charge in [0.05, 0.1) is 8.95 Å². The van der Waals surface area contributed by atoms with E-state index in [2.05, 4.69) is 54.4 Å². The fraction of sp³-hybridized carbons (Fsp3) is 0.250. The molecule has 1 aromatic rings. The summed E-state index contributed by atoms with van der Waals surface area (Å²) < 4.78 is 13.1. The minimum atomic E-state index is -0.649. The SMILES string of the molecule is C=CC(=O)OC(CC)Oc1c(Br)cc(Br)cc1Br. The van der Waals surface area contributed by atoms with Crippen molar-refractivity contribution in [2.45, 2.75) is 19.6 Å².